The molecule has 0 aliphatic carbocycles. The van der Waals surface area contributed by atoms with Gasteiger partial charge in [-0.3, -0.25) is 0 Å². The summed E-state index contributed by atoms with van der Waals surface area (Å²) < 4.78 is 15.7. The Balaban J connectivity index is 2.40. The molecule has 0 unspecified atom stereocenters. The second kappa shape index (κ2) is 5.50. The lowest BCUT2D eigenvalue weighted by Gasteiger charge is -2.06. The quantitative estimate of drug-likeness (QED) is 0.865. The van der Waals surface area contributed by atoms with Gasteiger partial charge in [-0.25, -0.2) is 0 Å². The van der Waals surface area contributed by atoms with E-state index < -0.39 is 0 Å². The SMILES string of the molecule is CNCc1noc(-c2cc(OC)ccc2OC)n1. The van der Waals surface area contributed by atoms with Crippen LogP contribution in [0, 0.1) is 0 Å². The minimum absolute atomic E-state index is 0.413. The van der Waals surface area contributed by atoms with Crippen molar-refractivity contribution in [2.24, 2.45) is 0 Å². The van der Waals surface area contributed by atoms with Crippen LogP contribution >= 0.6 is 0 Å². The van der Waals surface area contributed by atoms with Gasteiger partial charge < -0.3 is 19.3 Å². The van der Waals surface area contributed by atoms with Crippen LogP contribution in [0.2, 0.25) is 0 Å². The van der Waals surface area contributed by atoms with E-state index in [0.29, 0.717) is 35.3 Å². The number of nitrogens with zero attached hydrogens (tertiary/aromatic N) is 2. The van der Waals surface area contributed by atoms with E-state index in [0.717, 1.165) is 0 Å². The van der Waals surface area contributed by atoms with Gasteiger partial charge in [0.05, 0.1) is 26.3 Å². The molecule has 0 bridgehead atoms. The van der Waals surface area contributed by atoms with Crippen LogP contribution in [0.3, 0.4) is 0 Å². The van der Waals surface area contributed by atoms with Gasteiger partial charge in [0.2, 0.25) is 0 Å². The Morgan fingerprint density at radius 1 is 1.28 bits per heavy atom. The summed E-state index contributed by atoms with van der Waals surface area (Å²) in [6, 6.07) is 5.42. The van der Waals surface area contributed by atoms with Crippen molar-refractivity contribution in [3.05, 3.63) is 24.0 Å². The number of aromatic nitrogens is 2. The highest BCUT2D eigenvalue weighted by Crippen LogP contribution is 2.32. The Hall–Kier alpha value is -2.08. The second-order valence-corrected chi connectivity index (χ2v) is 3.61. The number of nitrogens with one attached hydrogen (secondary N) is 1. The van der Waals surface area contributed by atoms with E-state index in [1.807, 2.05) is 13.1 Å². The lowest BCUT2D eigenvalue weighted by Crippen LogP contribution is -2.06. The molecule has 6 heteroatoms. The molecule has 0 radical (unpaired) electrons. The summed E-state index contributed by atoms with van der Waals surface area (Å²) in [6.07, 6.45) is 0. The first-order chi connectivity index (χ1) is 8.78. The third kappa shape index (κ3) is 2.43. The van der Waals surface area contributed by atoms with Crippen LogP contribution in [0.25, 0.3) is 11.5 Å². The second-order valence-electron chi connectivity index (χ2n) is 3.61. The lowest BCUT2D eigenvalue weighted by atomic mass is 10.2. The van der Waals surface area contributed by atoms with Gasteiger partial charge in [-0.05, 0) is 25.2 Å². The average molecular weight is 249 g/mol. The highest BCUT2D eigenvalue weighted by Gasteiger charge is 2.14. The number of ether oxygens (including phenoxy) is 2. The van der Waals surface area contributed by atoms with E-state index in [2.05, 4.69) is 15.5 Å². The fraction of sp³-hybridized carbons (Fsp3) is 0.333. The Kier molecular flexibility index (Phi) is 3.78. The van der Waals surface area contributed by atoms with Crippen LogP contribution in [-0.2, 0) is 6.54 Å². The fourth-order valence-corrected chi connectivity index (χ4v) is 1.57. The molecule has 18 heavy (non-hydrogen) atoms. The summed E-state index contributed by atoms with van der Waals surface area (Å²) in [5, 5.41) is 6.83. The molecular formula is C12H15N3O3. The maximum atomic E-state index is 5.27. The van der Waals surface area contributed by atoms with Gasteiger partial charge in [-0.2, -0.15) is 4.98 Å². The molecule has 0 saturated carbocycles. The summed E-state index contributed by atoms with van der Waals surface area (Å²) in [4.78, 5) is 4.28. The molecule has 2 rings (SSSR count). The van der Waals surface area contributed by atoms with E-state index >= 15 is 0 Å². The molecule has 1 aromatic carbocycles. The predicted molar refractivity (Wildman–Crippen MR) is 65.6 cm³/mol. The first kappa shape index (κ1) is 12.4. The molecular weight excluding hydrogens is 234 g/mol. The molecule has 2 aromatic rings. The van der Waals surface area contributed by atoms with Crippen molar-refractivity contribution in [2.75, 3.05) is 21.3 Å². The number of methoxy groups -OCH3 is 2. The molecule has 0 amide bonds. The van der Waals surface area contributed by atoms with Crippen LogP contribution in [-0.4, -0.2) is 31.4 Å². The zero-order chi connectivity index (χ0) is 13.0. The number of benzene rings is 1. The van der Waals surface area contributed by atoms with Gasteiger partial charge in [-0.1, -0.05) is 5.16 Å². The Morgan fingerprint density at radius 2 is 2.11 bits per heavy atom. The highest BCUT2D eigenvalue weighted by molar-refractivity contribution is 5.64. The van der Waals surface area contributed by atoms with Crippen molar-refractivity contribution in [3.8, 4) is 23.0 Å². The summed E-state index contributed by atoms with van der Waals surface area (Å²) in [6.45, 7) is 0.551. The summed E-state index contributed by atoms with van der Waals surface area (Å²) in [5.41, 5.74) is 0.715. The molecule has 6 nitrogen and oxygen atoms in total. The highest BCUT2D eigenvalue weighted by atomic mass is 16.5. The Morgan fingerprint density at radius 3 is 2.78 bits per heavy atom. The van der Waals surface area contributed by atoms with E-state index in [1.165, 1.54) is 0 Å². The topological polar surface area (TPSA) is 69.4 Å². The van der Waals surface area contributed by atoms with Gasteiger partial charge >= 0.3 is 0 Å². The van der Waals surface area contributed by atoms with Crippen LogP contribution in [0.15, 0.2) is 22.7 Å². The zero-order valence-corrected chi connectivity index (χ0v) is 10.6. The molecule has 0 aliphatic rings. The van der Waals surface area contributed by atoms with E-state index in [4.69, 9.17) is 14.0 Å². The largest absolute Gasteiger partial charge is 0.497 e. The van der Waals surface area contributed by atoms with E-state index in [1.54, 1.807) is 26.4 Å². The molecule has 96 valence electrons. The van der Waals surface area contributed by atoms with Gasteiger partial charge in [-0.15, -0.1) is 0 Å². The number of rotatable bonds is 5. The molecule has 1 N–H and O–H groups in total. The standard InChI is InChI=1S/C12H15N3O3/c1-13-7-11-14-12(18-15-11)9-6-8(16-2)4-5-10(9)17-3/h4-6,13H,7H2,1-3H3. The van der Waals surface area contributed by atoms with Gasteiger partial charge in [0.1, 0.15) is 11.5 Å². The molecule has 1 heterocycles. The maximum absolute atomic E-state index is 5.27. The van der Waals surface area contributed by atoms with E-state index in [9.17, 15) is 0 Å². The van der Waals surface area contributed by atoms with Crippen molar-refractivity contribution in [1.29, 1.82) is 0 Å². The Labute approximate surface area is 105 Å². The van der Waals surface area contributed by atoms with Crippen molar-refractivity contribution in [1.82, 2.24) is 15.5 Å². The van der Waals surface area contributed by atoms with Crippen LogP contribution in [0.5, 0.6) is 11.5 Å². The van der Waals surface area contributed by atoms with Crippen molar-refractivity contribution < 1.29 is 14.0 Å². The summed E-state index contributed by atoms with van der Waals surface area (Å²) in [5.74, 6) is 2.38. The normalized spacial score (nSPS) is 10.4. The predicted octanol–water partition coefficient (Wildman–Crippen LogP) is 1.47. The third-order valence-electron chi connectivity index (χ3n) is 2.44. The molecule has 1 aromatic heterocycles. The van der Waals surface area contributed by atoms with Crippen LogP contribution in [0.4, 0.5) is 0 Å². The molecule has 0 atom stereocenters. The van der Waals surface area contributed by atoms with E-state index in [-0.39, 0.29) is 0 Å². The smallest absolute Gasteiger partial charge is 0.261 e. The van der Waals surface area contributed by atoms with Crippen molar-refractivity contribution in [3.63, 3.8) is 0 Å². The first-order valence-corrected chi connectivity index (χ1v) is 5.48. The van der Waals surface area contributed by atoms with Crippen LogP contribution in [0.1, 0.15) is 5.82 Å². The van der Waals surface area contributed by atoms with Gasteiger partial charge in [0.15, 0.2) is 5.82 Å². The molecule has 0 aliphatic heterocycles. The number of hydrogen-bond donors (Lipinski definition) is 1. The molecule has 0 spiro atoms. The zero-order valence-electron chi connectivity index (χ0n) is 10.6. The average Bonchev–Trinajstić information content (AvgIpc) is 2.87. The Bertz CT molecular complexity index is 525. The minimum atomic E-state index is 0.413. The van der Waals surface area contributed by atoms with Crippen LogP contribution < -0.4 is 14.8 Å². The molecule has 0 saturated heterocycles. The monoisotopic (exact) mass is 249 g/mol. The summed E-state index contributed by atoms with van der Waals surface area (Å²) in [7, 11) is 5.02. The van der Waals surface area contributed by atoms with Gasteiger partial charge in [0, 0.05) is 0 Å². The minimum Gasteiger partial charge on any atom is -0.497 e. The first-order valence-electron chi connectivity index (χ1n) is 5.48. The van der Waals surface area contributed by atoms with Crippen molar-refractivity contribution in [2.45, 2.75) is 6.54 Å². The summed E-state index contributed by atoms with van der Waals surface area (Å²) >= 11 is 0. The maximum Gasteiger partial charge on any atom is 0.261 e. The van der Waals surface area contributed by atoms with Crippen molar-refractivity contribution >= 4 is 0 Å². The van der Waals surface area contributed by atoms with Gasteiger partial charge in [0.25, 0.3) is 5.89 Å². The lowest BCUT2D eigenvalue weighted by molar-refractivity contribution is 0.395. The third-order valence-corrected chi connectivity index (χ3v) is 2.44. The number of hydrogen-bond acceptors (Lipinski definition) is 6. The fourth-order valence-electron chi connectivity index (χ4n) is 1.57. The molecule has 0 fully saturated rings.